The standard InChI is InChI=1S/C29H39N3O3S/c1-4-13-29(33)14-10-25-23-9-8-21(11-15-31-32-27(30)36)22(5-2)26(23)24(18-28(25,29)3)20-7-6-16-34-19-35-17-12-20/h6-7,11-12,15,23-25,33H,5,8-10,14,16-19H2,1-3H3,(H3,30,32,36)/b7-6?,20-12?,21-11-,31-15?/t23-,24+,25-,28-,29-/m0/s1. The van der Waals surface area contributed by atoms with Gasteiger partial charge in [0.25, 0.3) is 0 Å². The fourth-order valence-corrected chi connectivity index (χ4v) is 7.18. The lowest BCUT2D eigenvalue weighted by Crippen LogP contribution is -2.51. The maximum Gasteiger partial charge on any atom is 0.184 e. The van der Waals surface area contributed by atoms with Crippen LogP contribution in [0.15, 0.2) is 51.7 Å². The monoisotopic (exact) mass is 509 g/mol. The summed E-state index contributed by atoms with van der Waals surface area (Å²) in [7, 11) is 0. The maximum absolute atomic E-state index is 11.8. The van der Waals surface area contributed by atoms with Crippen LogP contribution in [0.25, 0.3) is 0 Å². The lowest BCUT2D eigenvalue weighted by Gasteiger charge is -2.53. The number of nitrogens with one attached hydrogen (secondary N) is 1. The van der Waals surface area contributed by atoms with Crippen molar-refractivity contribution in [2.45, 2.75) is 64.9 Å². The minimum Gasteiger partial charge on any atom is -0.377 e. The van der Waals surface area contributed by atoms with Gasteiger partial charge in [0.05, 0.1) is 13.2 Å². The van der Waals surface area contributed by atoms with Crippen LogP contribution >= 0.6 is 12.2 Å². The molecule has 6 nitrogen and oxygen atoms in total. The molecule has 2 saturated carbocycles. The molecule has 0 aromatic heterocycles. The van der Waals surface area contributed by atoms with Gasteiger partial charge < -0.3 is 20.3 Å². The number of hydrogen-bond acceptors (Lipinski definition) is 5. The zero-order valence-corrected chi connectivity index (χ0v) is 22.5. The largest absolute Gasteiger partial charge is 0.377 e. The van der Waals surface area contributed by atoms with Gasteiger partial charge in [-0.1, -0.05) is 43.6 Å². The molecular weight excluding hydrogens is 470 g/mol. The molecule has 1 aliphatic heterocycles. The van der Waals surface area contributed by atoms with E-state index in [0.717, 1.165) is 38.5 Å². The van der Waals surface area contributed by atoms with Gasteiger partial charge in [0.1, 0.15) is 12.4 Å². The van der Waals surface area contributed by atoms with Gasteiger partial charge in [-0.05, 0) is 92.3 Å². The molecule has 4 aliphatic rings. The van der Waals surface area contributed by atoms with Crippen molar-refractivity contribution in [3.8, 4) is 11.8 Å². The van der Waals surface area contributed by atoms with Crippen molar-refractivity contribution in [2.24, 2.45) is 34.0 Å². The Morgan fingerprint density at radius 1 is 1.36 bits per heavy atom. The normalized spacial score (nSPS) is 35.7. The van der Waals surface area contributed by atoms with Crippen molar-refractivity contribution < 1.29 is 14.6 Å². The van der Waals surface area contributed by atoms with Crippen LogP contribution in [0.4, 0.5) is 0 Å². The number of fused-ring (bicyclic) bond motifs is 3. The number of nitrogens with zero attached hydrogens (tertiary/aromatic N) is 1. The molecule has 5 atom stereocenters. The lowest BCUT2D eigenvalue weighted by molar-refractivity contribution is -0.0551. The van der Waals surface area contributed by atoms with Gasteiger partial charge in [-0.3, -0.25) is 5.43 Å². The quantitative estimate of drug-likeness (QED) is 0.223. The highest BCUT2D eigenvalue weighted by Gasteiger charge is 2.62. The van der Waals surface area contributed by atoms with E-state index in [4.69, 9.17) is 27.4 Å². The highest BCUT2D eigenvalue weighted by molar-refractivity contribution is 7.80. The number of allylic oxidation sites excluding steroid dienone is 6. The van der Waals surface area contributed by atoms with Crippen LogP contribution in [0.5, 0.6) is 0 Å². The van der Waals surface area contributed by atoms with Gasteiger partial charge in [0.2, 0.25) is 0 Å². The Labute approximate surface area is 220 Å². The van der Waals surface area contributed by atoms with E-state index in [2.05, 4.69) is 60.5 Å². The van der Waals surface area contributed by atoms with Crippen molar-refractivity contribution in [1.29, 1.82) is 0 Å². The second-order valence-corrected chi connectivity index (χ2v) is 10.8. The third-order valence-corrected chi connectivity index (χ3v) is 8.76. The van der Waals surface area contributed by atoms with Crippen LogP contribution in [-0.4, -0.2) is 42.0 Å². The highest BCUT2D eigenvalue weighted by atomic mass is 32.1. The van der Waals surface area contributed by atoms with Gasteiger partial charge in [-0.15, -0.1) is 5.92 Å². The van der Waals surface area contributed by atoms with E-state index in [0.29, 0.717) is 31.8 Å². The molecule has 0 spiro atoms. The van der Waals surface area contributed by atoms with Gasteiger partial charge in [-0.25, -0.2) is 0 Å². The molecular formula is C29H39N3O3S. The van der Waals surface area contributed by atoms with E-state index < -0.39 is 5.60 Å². The number of rotatable bonds is 4. The summed E-state index contributed by atoms with van der Waals surface area (Å²) < 4.78 is 11.2. The Kier molecular flexibility index (Phi) is 8.52. The molecule has 0 aromatic rings. The first-order valence-corrected chi connectivity index (χ1v) is 13.4. The fourth-order valence-electron chi connectivity index (χ4n) is 7.13. The van der Waals surface area contributed by atoms with Crippen LogP contribution in [0.1, 0.15) is 59.3 Å². The molecule has 0 saturated heterocycles. The van der Waals surface area contributed by atoms with Crippen molar-refractivity contribution in [3.05, 3.63) is 46.6 Å². The zero-order valence-electron chi connectivity index (χ0n) is 21.7. The molecule has 1 heterocycles. The second-order valence-electron chi connectivity index (χ2n) is 10.4. The van der Waals surface area contributed by atoms with Gasteiger partial charge in [0, 0.05) is 17.5 Å². The number of hydrogen-bond donors (Lipinski definition) is 3. The molecule has 4 N–H and O–H groups in total. The third kappa shape index (κ3) is 5.10. The predicted molar refractivity (Wildman–Crippen MR) is 148 cm³/mol. The molecule has 194 valence electrons. The molecule has 7 heteroatoms. The molecule has 0 radical (unpaired) electrons. The first-order valence-electron chi connectivity index (χ1n) is 13.0. The summed E-state index contributed by atoms with van der Waals surface area (Å²) in [5.41, 5.74) is 12.4. The first-order chi connectivity index (χ1) is 17.3. The maximum atomic E-state index is 11.8. The predicted octanol–water partition coefficient (Wildman–Crippen LogP) is 4.53. The summed E-state index contributed by atoms with van der Waals surface area (Å²) in [5.74, 6) is 7.29. The van der Waals surface area contributed by atoms with Crippen LogP contribution in [0.2, 0.25) is 0 Å². The fraction of sp³-hybridized carbons (Fsp3) is 0.586. The van der Waals surface area contributed by atoms with E-state index in [1.165, 1.54) is 22.3 Å². The number of nitrogens with two attached hydrogens (primary N) is 1. The summed E-state index contributed by atoms with van der Waals surface area (Å²) in [6, 6.07) is 0. The number of ether oxygens (including phenoxy) is 2. The minimum atomic E-state index is -0.958. The molecule has 0 unspecified atom stereocenters. The second kappa shape index (κ2) is 11.4. The van der Waals surface area contributed by atoms with Crippen molar-refractivity contribution >= 4 is 23.5 Å². The molecule has 36 heavy (non-hydrogen) atoms. The van der Waals surface area contributed by atoms with E-state index in [9.17, 15) is 5.11 Å². The summed E-state index contributed by atoms with van der Waals surface area (Å²) in [6.45, 7) is 7.68. The van der Waals surface area contributed by atoms with E-state index in [1.807, 2.05) is 6.92 Å². The SMILES string of the molecule is CC#C[C@]1(O)CC[C@H]2[C@@H]3CC/C(=C/C=NNC(N)=S)C(CC)=C3[C@@H](C3=CCOCOCC=C3)C[C@@]21C. The van der Waals surface area contributed by atoms with Crippen molar-refractivity contribution in [1.82, 2.24) is 5.43 Å². The highest BCUT2D eigenvalue weighted by Crippen LogP contribution is 2.65. The van der Waals surface area contributed by atoms with E-state index in [-0.39, 0.29) is 16.4 Å². The summed E-state index contributed by atoms with van der Waals surface area (Å²) in [4.78, 5) is 0. The zero-order chi connectivity index (χ0) is 25.8. The molecule has 2 fully saturated rings. The molecule has 0 bridgehead atoms. The van der Waals surface area contributed by atoms with E-state index >= 15 is 0 Å². The van der Waals surface area contributed by atoms with Crippen LogP contribution in [0, 0.1) is 35.0 Å². The van der Waals surface area contributed by atoms with Crippen molar-refractivity contribution in [3.63, 3.8) is 0 Å². The number of hydrazone groups is 1. The molecule has 0 amide bonds. The summed E-state index contributed by atoms with van der Waals surface area (Å²) >= 11 is 4.86. The Bertz CT molecular complexity index is 1080. The Morgan fingerprint density at radius 3 is 2.92 bits per heavy atom. The average Bonchev–Trinajstić information content (AvgIpc) is 3.19. The number of thiocarbonyl (C=S) groups is 1. The van der Waals surface area contributed by atoms with Gasteiger partial charge in [0.15, 0.2) is 5.11 Å². The van der Waals surface area contributed by atoms with Crippen LogP contribution < -0.4 is 11.2 Å². The van der Waals surface area contributed by atoms with Gasteiger partial charge in [-0.2, -0.15) is 5.10 Å². The first kappa shape index (κ1) is 26.8. The Morgan fingerprint density at radius 2 is 2.17 bits per heavy atom. The molecule has 0 aromatic carbocycles. The Hall–Kier alpha value is -2.24. The van der Waals surface area contributed by atoms with Crippen LogP contribution in [0.3, 0.4) is 0 Å². The van der Waals surface area contributed by atoms with Crippen molar-refractivity contribution in [2.75, 3.05) is 20.0 Å². The van der Waals surface area contributed by atoms with Gasteiger partial charge >= 0.3 is 0 Å². The van der Waals surface area contributed by atoms with E-state index in [1.54, 1.807) is 6.21 Å². The summed E-state index contributed by atoms with van der Waals surface area (Å²) in [6.07, 6.45) is 15.9. The lowest BCUT2D eigenvalue weighted by atomic mass is 9.51. The van der Waals surface area contributed by atoms with Crippen LogP contribution in [-0.2, 0) is 9.47 Å². The minimum absolute atomic E-state index is 0.156. The Balaban J connectivity index is 1.83. The molecule has 4 rings (SSSR count). The summed E-state index contributed by atoms with van der Waals surface area (Å²) in [5, 5.41) is 16.1. The topological polar surface area (TPSA) is 89.1 Å². The third-order valence-electron chi connectivity index (χ3n) is 8.67. The molecule has 3 aliphatic carbocycles. The average molecular weight is 510 g/mol. The number of aliphatic hydroxyl groups is 1. The smallest absolute Gasteiger partial charge is 0.184 e.